The molecule has 0 aliphatic carbocycles. The summed E-state index contributed by atoms with van der Waals surface area (Å²) in [4.78, 5) is 0. The monoisotopic (exact) mass is 267 g/mol. The van der Waals surface area contributed by atoms with Crippen molar-refractivity contribution in [3.05, 3.63) is 35.8 Å². The van der Waals surface area contributed by atoms with Crippen LogP contribution < -0.4 is 0 Å². The summed E-state index contributed by atoms with van der Waals surface area (Å²) in [6.45, 7) is 0. The summed E-state index contributed by atoms with van der Waals surface area (Å²) in [7, 11) is -3.31. The number of rotatable bonds is 1. The number of aromatic nitrogens is 3. The fourth-order valence-electron chi connectivity index (χ4n) is 2.06. The minimum atomic E-state index is -3.31. The van der Waals surface area contributed by atoms with Gasteiger partial charge in [-0.3, -0.25) is 0 Å². The molecule has 7 heteroatoms. The number of halogens is 1. The zero-order valence-corrected chi connectivity index (χ0v) is 10.2. The number of sulfone groups is 1. The molecule has 0 atom stereocenters. The Labute approximate surface area is 103 Å². The summed E-state index contributed by atoms with van der Waals surface area (Å²) in [5.74, 6) is -0.234. The quantitative estimate of drug-likeness (QED) is 0.777. The Balaban J connectivity index is 2.16. The summed E-state index contributed by atoms with van der Waals surface area (Å²) in [5.41, 5.74) is 1.19. The van der Waals surface area contributed by atoms with E-state index < -0.39 is 9.84 Å². The number of fused-ring (bicyclic) bond motifs is 1. The standard InChI is InChI=1S/C11H10FN3O2S/c12-8-3-5-9(6-4-8)15-10-2-1-7-18(16,17)11(10)13-14-15/h3-6H,1-2,7H2. The Kier molecular flexibility index (Phi) is 2.44. The minimum absolute atomic E-state index is 0.0538. The molecule has 0 saturated heterocycles. The van der Waals surface area contributed by atoms with Gasteiger partial charge in [-0.1, -0.05) is 5.21 Å². The van der Waals surface area contributed by atoms with E-state index in [1.807, 2.05) is 0 Å². The van der Waals surface area contributed by atoms with Gasteiger partial charge in [-0.2, -0.15) is 0 Å². The predicted octanol–water partition coefficient (Wildman–Crippen LogP) is 1.13. The van der Waals surface area contributed by atoms with Crippen LogP contribution >= 0.6 is 0 Å². The molecule has 94 valence electrons. The molecule has 0 radical (unpaired) electrons. The smallest absolute Gasteiger partial charge is 0.200 e. The highest BCUT2D eigenvalue weighted by molar-refractivity contribution is 7.91. The SMILES string of the molecule is O=S1(=O)CCCc2c1nnn2-c1ccc(F)cc1. The van der Waals surface area contributed by atoms with Crippen LogP contribution in [0.5, 0.6) is 0 Å². The predicted molar refractivity (Wildman–Crippen MR) is 61.7 cm³/mol. The lowest BCUT2D eigenvalue weighted by Crippen LogP contribution is -2.17. The molecule has 0 fully saturated rings. The first-order valence-electron chi connectivity index (χ1n) is 5.51. The molecule has 1 aliphatic heterocycles. The molecule has 2 heterocycles. The molecule has 3 rings (SSSR count). The van der Waals surface area contributed by atoms with Crippen LogP contribution in [-0.2, 0) is 16.3 Å². The second-order valence-corrected chi connectivity index (χ2v) is 6.18. The van der Waals surface area contributed by atoms with Gasteiger partial charge in [0.25, 0.3) is 0 Å². The van der Waals surface area contributed by atoms with Gasteiger partial charge in [-0.25, -0.2) is 17.5 Å². The highest BCUT2D eigenvalue weighted by Crippen LogP contribution is 2.24. The van der Waals surface area contributed by atoms with Crippen LogP contribution in [0.15, 0.2) is 29.3 Å². The first kappa shape index (κ1) is 11.3. The van der Waals surface area contributed by atoms with E-state index in [0.29, 0.717) is 24.2 Å². The Morgan fingerprint density at radius 3 is 2.67 bits per heavy atom. The molecule has 5 nitrogen and oxygen atoms in total. The maximum Gasteiger partial charge on any atom is 0.200 e. The van der Waals surface area contributed by atoms with E-state index in [-0.39, 0.29) is 16.6 Å². The van der Waals surface area contributed by atoms with E-state index in [2.05, 4.69) is 10.3 Å². The fourth-order valence-corrected chi connectivity index (χ4v) is 3.48. The molecule has 1 aliphatic rings. The van der Waals surface area contributed by atoms with Crippen molar-refractivity contribution in [3.63, 3.8) is 0 Å². The van der Waals surface area contributed by atoms with E-state index in [0.717, 1.165) is 0 Å². The van der Waals surface area contributed by atoms with Crippen molar-refractivity contribution >= 4 is 9.84 Å². The summed E-state index contributed by atoms with van der Waals surface area (Å²) in [5, 5.41) is 7.65. The van der Waals surface area contributed by atoms with Gasteiger partial charge in [0.1, 0.15) is 5.82 Å². The number of hydrogen-bond donors (Lipinski definition) is 0. The van der Waals surface area contributed by atoms with Gasteiger partial charge >= 0.3 is 0 Å². The first-order valence-corrected chi connectivity index (χ1v) is 7.16. The Bertz CT molecular complexity index is 692. The Morgan fingerprint density at radius 1 is 1.22 bits per heavy atom. The molecule has 0 amide bonds. The molecule has 1 aromatic carbocycles. The van der Waals surface area contributed by atoms with E-state index >= 15 is 0 Å². The summed E-state index contributed by atoms with van der Waals surface area (Å²) < 4.78 is 37.9. The molecule has 0 spiro atoms. The highest BCUT2D eigenvalue weighted by atomic mass is 32.2. The zero-order valence-electron chi connectivity index (χ0n) is 9.38. The molecular weight excluding hydrogens is 257 g/mol. The summed E-state index contributed by atoms with van der Waals surface area (Å²) in [6.07, 6.45) is 1.17. The molecular formula is C11H10FN3O2S. The maximum absolute atomic E-state index is 12.8. The second kappa shape index (κ2) is 3.88. The minimum Gasteiger partial charge on any atom is -0.222 e. The lowest BCUT2D eigenvalue weighted by atomic mass is 10.2. The van der Waals surface area contributed by atoms with Crippen molar-refractivity contribution in [2.45, 2.75) is 17.9 Å². The van der Waals surface area contributed by atoms with Gasteiger partial charge in [-0.05, 0) is 37.1 Å². The van der Waals surface area contributed by atoms with Crippen LogP contribution in [0.4, 0.5) is 4.39 Å². The van der Waals surface area contributed by atoms with Gasteiger partial charge in [0.2, 0.25) is 5.03 Å². The van der Waals surface area contributed by atoms with Crippen LogP contribution in [0, 0.1) is 5.82 Å². The molecule has 1 aromatic heterocycles. The topological polar surface area (TPSA) is 64.8 Å². The van der Waals surface area contributed by atoms with Gasteiger partial charge in [-0.15, -0.1) is 5.10 Å². The summed E-state index contributed by atoms with van der Waals surface area (Å²) in [6, 6.07) is 5.71. The van der Waals surface area contributed by atoms with Crippen LogP contribution in [0.25, 0.3) is 5.69 Å². The van der Waals surface area contributed by atoms with E-state index in [4.69, 9.17) is 0 Å². The average Bonchev–Trinajstić information content (AvgIpc) is 2.75. The number of hydrogen-bond acceptors (Lipinski definition) is 4. The largest absolute Gasteiger partial charge is 0.222 e. The fraction of sp³-hybridized carbons (Fsp3) is 0.273. The highest BCUT2D eigenvalue weighted by Gasteiger charge is 2.29. The number of nitrogens with zero attached hydrogens (tertiary/aromatic N) is 3. The van der Waals surface area contributed by atoms with Crippen molar-refractivity contribution < 1.29 is 12.8 Å². The number of benzene rings is 1. The first-order chi connectivity index (χ1) is 8.58. The molecule has 0 N–H and O–H groups in total. The van der Waals surface area contributed by atoms with Crippen molar-refractivity contribution in [1.82, 2.24) is 15.0 Å². The molecule has 0 unspecified atom stereocenters. The third-order valence-corrected chi connectivity index (χ3v) is 4.65. The van der Waals surface area contributed by atoms with Crippen LogP contribution in [0.2, 0.25) is 0 Å². The second-order valence-electron chi connectivity index (χ2n) is 4.15. The van der Waals surface area contributed by atoms with Crippen molar-refractivity contribution in [3.8, 4) is 5.69 Å². The maximum atomic E-state index is 12.8. The zero-order chi connectivity index (χ0) is 12.8. The average molecular weight is 267 g/mol. The van der Waals surface area contributed by atoms with Crippen LogP contribution in [0.1, 0.15) is 12.1 Å². The third-order valence-electron chi connectivity index (χ3n) is 2.92. The van der Waals surface area contributed by atoms with E-state index in [1.165, 1.54) is 16.8 Å². The molecule has 18 heavy (non-hydrogen) atoms. The third kappa shape index (κ3) is 1.71. The Hall–Kier alpha value is -1.76. The van der Waals surface area contributed by atoms with E-state index in [9.17, 15) is 12.8 Å². The lowest BCUT2D eigenvalue weighted by molar-refractivity contribution is 0.580. The molecule has 0 saturated carbocycles. The van der Waals surface area contributed by atoms with Crippen molar-refractivity contribution in [1.29, 1.82) is 0 Å². The summed E-state index contributed by atoms with van der Waals surface area (Å²) >= 11 is 0. The van der Waals surface area contributed by atoms with Crippen LogP contribution in [0.3, 0.4) is 0 Å². The van der Waals surface area contributed by atoms with Gasteiger partial charge in [0.15, 0.2) is 9.84 Å². The van der Waals surface area contributed by atoms with Crippen molar-refractivity contribution in [2.75, 3.05) is 5.75 Å². The van der Waals surface area contributed by atoms with Crippen molar-refractivity contribution in [2.24, 2.45) is 0 Å². The van der Waals surface area contributed by atoms with E-state index in [1.54, 1.807) is 12.1 Å². The Morgan fingerprint density at radius 2 is 1.94 bits per heavy atom. The lowest BCUT2D eigenvalue weighted by Gasteiger charge is -2.12. The van der Waals surface area contributed by atoms with Crippen LogP contribution in [-0.4, -0.2) is 29.2 Å². The van der Waals surface area contributed by atoms with Gasteiger partial charge in [0.05, 0.1) is 17.1 Å². The van der Waals surface area contributed by atoms with Gasteiger partial charge in [0, 0.05) is 0 Å². The molecule has 0 bridgehead atoms. The molecule has 2 aromatic rings. The van der Waals surface area contributed by atoms with Gasteiger partial charge < -0.3 is 0 Å². The normalized spacial score (nSPS) is 17.4.